The summed E-state index contributed by atoms with van der Waals surface area (Å²) in [6.45, 7) is 3.43. The van der Waals surface area contributed by atoms with Crippen LogP contribution < -0.4 is 15.4 Å². The third-order valence-corrected chi connectivity index (χ3v) is 3.58. The number of carbonyl (C=O) groups is 1. The Morgan fingerprint density at radius 3 is 2.95 bits per heavy atom. The van der Waals surface area contributed by atoms with Gasteiger partial charge in [0, 0.05) is 11.7 Å². The molecule has 2 N–H and O–H groups in total. The lowest BCUT2D eigenvalue weighted by atomic mass is 10.0. The van der Waals surface area contributed by atoms with Gasteiger partial charge in [-0.05, 0) is 32.2 Å². The highest BCUT2D eigenvalue weighted by atomic mass is 35.5. The summed E-state index contributed by atoms with van der Waals surface area (Å²) in [4.78, 5) is 12.2. The molecule has 1 amide bonds. The Labute approximate surface area is 123 Å². The van der Waals surface area contributed by atoms with Crippen molar-refractivity contribution >= 4 is 23.2 Å². The van der Waals surface area contributed by atoms with E-state index in [2.05, 4.69) is 10.6 Å². The molecule has 1 heterocycles. The molecule has 0 bridgehead atoms. The van der Waals surface area contributed by atoms with Gasteiger partial charge in [-0.3, -0.25) is 4.79 Å². The van der Waals surface area contributed by atoms with Crippen molar-refractivity contribution in [1.82, 2.24) is 5.32 Å². The molecule has 0 saturated carbocycles. The maximum atomic E-state index is 12.2. The lowest BCUT2D eigenvalue weighted by Gasteiger charge is -2.16. The Morgan fingerprint density at radius 2 is 2.30 bits per heavy atom. The fourth-order valence-electron chi connectivity index (χ4n) is 2.18. The van der Waals surface area contributed by atoms with Gasteiger partial charge in [0.1, 0.15) is 5.75 Å². The van der Waals surface area contributed by atoms with E-state index in [0.29, 0.717) is 36.3 Å². The van der Waals surface area contributed by atoms with E-state index in [1.54, 1.807) is 18.2 Å². The Bertz CT molecular complexity index is 481. The van der Waals surface area contributed by atoms with Crippen LogP contribution in [0, 0.1) is 5.92 Å². The van der Waals surface area contributed by atoms with Crippen molar-refractivity contribution in [3.8, 4) is 5.75 Å². The van der Waals surface area contributed by atoms with Gasteiger partial charge in [0.2, 0.25) is 5.91 Å². The number of hydrogen-bond acceptors (Lipinski definition) is 4. The molecule has 0 radical (unpaired) electrons. The van der Waals surface area contributed by atoms with Crippen LogP contribution >= 0.6 is 11.6 Å². The second-order valence-electron chi connectivity index (χ2n) is 4.61. The van der Waals surface area contributed by atoms with Gasteiger partial charge in [-0.1, -0.05) is 11.6 Å². The minimum atomic E-state index is -0.189. The smallest absolute Gasteiger partial charge is 0.231 e. The first-order valence-corrected chi connectivity index (χ1v) is 7.01. The second kappa shape index (κ2) is 6.92. The zero-order valence-electron chi connectivity index (χ0n) is 11.6. The van der Waals surface area contributed by atoms with E-state index in [1.807, 2.05) is 14.0 Å². The highest BCUT2D eigenvalue weighted by Crippen LogP contribution is 2.28. The number of ether oxygens (including phenoxy) is 2. The Hall–Kier alpha value is -1.30. The molecule has 1 fully saturated rings. The number of nitrogens with one attached hydrogen (secondary N) is 2. The molecule has 2 unspecified atom stereocenters. The van der Waals surface area contributed by atoms with Crippen LogP contribution in [0.15, 0.2) is 18.2 Å². The topological polar surface area (TPSA) is 59.6 Å². The average molecular weight is 299 g/mol. The van der Waals surface area contributed by atoms with E-state index in [4.69, 9.17) is 21.1 Å². The minimum absolute atomic E-state index is 0.0492. The Morgan fingerprint density at radius 1 is 1.50 bits per heavy atom. The summed E-state index contributed by atoms with van der Waals surface area (Å²) in [7, 11) is 1.83. The first-order chi connectivity index (χ1) is 9.65. The van der Waals surface area contributed by atoms with Crippen LogP contribution in [-0.4, -0.2) is 38.8 Å². The lowest BCUT2D eigenvalue weighted by Crippen LogP contribution is -2.39. The van der Waals surface area contributed by atoms with Gasteiger partial charge < -0.3 is 20.1 Å². The van der Waals surface area contributed by atoms with E-state index < -0.39 is 0 Å². The van der Waals surface area contributed by atoms with Gasteiger partial charge in [-0.2, -0.15) is 0 Å². The third-order valence-electron chi connectivity index (χ3n) is 3.29. The first kappa shape index (κ1) is 15.1. The van der Waals surface area contributed by atoms with Crippen LogP contribution in [0.5, 0.6) is 5.75 Å². The van der Waals surface area contributed by atoms with Gasteiger partial charge in [0.15, 0.2) is 0 Å². The quantitative estimate of drug-likeness (QED) is 0.872. The first-order valence-electron chi connectivity index (χ1n) is 6.64. The van der Waals surface area contributed by atoms with E-state index in [0.717, 1.165) is 0 Å². The highest BCUT2D eigenvalue weighted by Gasteiger charge is 2.32. The van der Waals surface area contributed by atoms with Crippen LogP contribution in [-0.2, 0) is 9.53 Å². The number of carbonyl (C=O) groups excluding carboxylic acids is 1. The predicted octanol–water partition coefficient (Wildman–Crippen LogP) is 1.91. The fraction of sp³-hybridized carbons (Fsp3) is 0.500. The monoisotopic (exact) mass is 298 g/mol. The zero-order valence-corrected chi connectivity index (χ0v) is 12.4. The van der Waals surface area contributed by atoms with Crippen LogP contribution in [0.3, 0.4) is 0 Å². The number of likely N-dealkylation sites (N-methyl/N-ethyl adjacent to an activating group) is 1. The normalized spacial score (nSPS) is 21.8. The van der Waals surface area contributed by atoms with E-state index in [1.165, 1.54) is 0 Å². The molecule has 1 saturated heterocycles. The maximum absolute atomic E-state index is 12.2. The molecule has 6 heteroatoms. The summed E-state index contributed by atoms with van der Waals surface area (Å²) in [6.07, 6.45) is 0. The highest BCUT2D eigenvalue weighted by molar-refractivity contribution is 6.32. The molecule has 2 atom stereocenters. The molecule has 1 aromatic carbocycles. The SMILES string of the molecule is CCOc1ccc(NC(=O)C2COCC2NC)cc1Cl. The largest absolute Gasteiger partial charge is 0.492 e. The van der Waals surface area contributed by atoms with Crippen molar-refractivity contribution in [1.29, 1.82) is 0 Å². The van der Waals surface area contributed by atoms with Gasteiger partial charge in [0.05, 0.1) is 30.8 Å². The lowest BCUT2D eigenvalue weighted by molar-refractivity contribution is -0.120. The molecule has 1 aromatic rings. The molecule has 110 valence electrons. The zero-order chi connectivity index (χ0) is 14.5. The summed E-state index contributed by atoms with van der Waals surface area (Å²) < 4.78 is 10.7. The van der Waals surface area contributed by atoms with Gasteiger partial charge in [-0.25, -0.2) is 0 Å². The Kier molecular flexibility index (Phi) is 5.23. The van der Waals surface area contributed by atoms with Crippen LogP contribution in [0.2, 0.25) is 5.02 Å². The second-order valence-corrected chi connectivity index (χ2v) is 5.01. The summed E-state index contributed by atoms with van der Waals surface area (Å²) in [5, 5.41) is 6.43. The number of amides is 1. The molecule has 5 nitrogen and oxygen atoms in total. The van der Waals surface area contributed by atoms with Crippen LogP contribution in [0.1, 0.15) is 6.92 Å². The van der Waals surface area contributed by atoms with Crippen molar-refractivity contribution in [2.24, 2.45) is 5.92 Å². The molecular weight excluding hydrogens is 280 g/mol. The standard InChI is InChI=1S/C14H19ClN2O3/c1-3-20-13-5-4-9(6-11(13)15)17-14(18)10-7-19-8-12(10)16-2/h4-6,10,12,16H,3,7-8H2,1-2H3,(H,17,18). The molecule has 20 heavy (non-hydrogen) atoms. The summed E-state index contributed by atoms with van der Waals surface area (Å²) in [5.41, 5.74) is 0.658. The van der Waals surface area contributed by atoms with Gasteiger partial charge >= 0.3 is 0 Å². The molecule has 0 aromatic heterocycles. The van der Waals surface area contributed by atoms with Gasteiger partial charge in [-0.15, -0.1) is 0 Å². The number of rotatable bonds is 5. The third kappa shape index (κ3) is 3.42. The molecule has 0 spiro atoms. The molecule has 2 rings (SSSR count). The minimum Gasteiger partial charge on any atom is -0.492 e. The molecule has 1 aliphatic rings. The van der Waals surface area contributed by atoms with Crippen molar-refractivity contribution < 1.29 is 14.3 Å². The molecule has 0 aliphatic carbocycles. The number of benzene rings is 1. The van der Waals surface area contributed by atoms with Gasteiger partial charge in [0.25, 0.3) is 0 Å². The Balaban J connectivity index is 2.02. The van der Waals surface area contributed by atoms with Crippen molar-refractivity contribution in [2.75, 3.05) is 32.2 Å². The summed E-state index contributed by atoms with van der Waals surface area (Å²) >= 11 is 6.09. The van der Waals surface area contributed by atoms with E-state index >= 15 is 0 Å². The van der Waals surface area contributed by atoms with E-state index in [9.17, 15) is 4.79 Å². The van der Waals surface area contributed by atoms with Crippen LogP contribution in [0.25, 0.3) is 0 Å². The number of anilines is 1. The average Bonchev–Trinajstić information content (AvgIpc) is 2.90. The molecular formula is C14H19ClN2O3. The summed E-state index contributed by atoms with van der Waals surface area (Å²) in [6, 6.07) is 5.27. The van der Waals surface area contributed by atoms with E-state index in [-0.39, 0.29) is 17.9 Å². The van der Waals surface area contributed by atoms with Crippen molar-refractivity contribution in [3.05, 3.63) is 23.2 Å². The van der Waals surface area contributed by atoms with Crippen molar-refractivity contribution in [2.45, 2.75) is 13.0 Å². The van der Waals surface area contributed by atoms with Crippen LogP contribution in [0.4, 0.5) is 5.69 Å². The number of halogens is 1. The fourth-order valence-corrected chi connectivity index (χ4v) is 2.42. The predicted molar refractivity (Wildman–Crippen MR) is 78.4 cm³/mol. The molecule has 1 aliphatic heterocycles. The number of hydrogen-bond donors (Lipinski definition) is 2. The summed E-state index contributed by atoms with van der Waals surface area (Å²) in [5.74, 6) is 0.358. The van der Waals surface area contributed by atoms with Crippen molar-refractivity contribution in [3.63, 3.8) is 0 Å². The maximum Gasteiger partial charge on any atom is 0.231 e.